The van der Waals surface area contributed by atoms with Crippen LogP contribution in [0.1, 0.15) is 13.8 Å². The summed E-state index contributed by atoms with van der Waals surface area (Å²) in [6, 6.07) is 3.88. The third kappa shape index (κ3) is 6.93. The monoisotopic (exact) mass is 359 g/mol. The van der Waals surface area contributed by atoms with E-state index < -0.39 is 23.7 Å². The number of rotatable bonds is 7. The molecule has 1 aromatic rings. The van der Waals surface area contributed by atoms with Crippen molar-refractivity contribution in [3.05, 3.63) is 29.0 Å². The fraction of sp³-hybridized carbons (Fsp3) is 0.400. The Labute approximate surface area is 144 Å². The van der Waals surface area contributed by atoms with Crippen LogP contribution >= 0.6 is 11.6 Å². The molecule has 0 bridgehead atoms. The molecule has 9 heteroatoms. The molecule has 0 saturated heterocycles. The number of nitrogens with one attached hydrogen (secondary N) is 2. The minimum absolute atomic E-state index is 0.00331. The number of anilines is 1. The Bertz CT molecular complexity index is 612. The van der Waals surface area contributed by atoms with Crippen molar-refractivity contribution < 1.29 is 23.5 Å². The van der Waals surface area contributed by atoms with Crippen molar-refractivity contribution in [3.63, 3.8) is 0 Å². The zero-order valence-electron chi connectivity index (χ0n) is 13.4. The van der Waals surface area contributed by atoms with E-state index in [1.54, 1.807) is 13.8 Å². The van der Waals surface area contributed by atoms with Gasteiger partial charge in [0.25, 0.3) is 0 Å². The maximum Gasteiger partial charge on any atom is 0.413 e. The molecule has 0 fully saturated rings. The Morgan fingerprint density at radius 1 is 1.21 bits per heavy atom. The highest BCUT2D eigenvalue weighted by molar-refractivity contribution is 6.30. The molecule has 24 heavy (non-hydrogen) atoms. The molecule has 0 radical (unpaired) electrons. The van der Waals surface area contributed by atoms with Gasteiger partial charge in [-0.2, -0.15) is 0 Å². The van der Waals surface area contributed by atoms with Gasteiger partial charge in [0.2, 0.25) is 11.8 Å². The Morgan fingerprint density at radius 3 is 2.46 bits per heavy atom. The number of nitrogens with zero attached hydrogens (tertiary/aromatic N) is 1. The number of hydrogen-bond acceptors (Lipinski definition) is 5. The van der Waals surface area contributed by atoms with E-state index in [-0.39, 0.29) is 30.4 Å². The molecule has 0 heterocycles. The summed E-state index contributed by atoms with van der Waals surface area (Å²) in [5.74, 6) is -1.75. The van der Waals surface area contributed by atoms with Gasteiger partial charge in [-0.25, -0.2) is 9.18 Å². The van der Waals surface area contributed by atoms with E-state index in [9.17, 15) is 18.8 Å². The summed E-state index contributed by atoms with van der Waals surface area (Å²) in [5.41, 5.74) is -0.00331. The van der Waals surface area contributed by atoms with Crippen molar-refractivity contribution in [3.8, 4) is 0 Å². The molecule has 0 aliphatic rings. The van der Waals surface area contributed by atoms with Crippen molar-refractivity contribution in [2.24, 2.45) is 0 Å². The van der Waals surface area contributed by atoms with Gasteiger partial charge >= 0.3 is 6.09 Å². The molecule has 7 nitrogen and oxygen atoms in total. The number of likely N-dealkylation sites (N-methyl/N-ethyl adjacent to an activating group) is 1. The molecular weight excluding hydrogens is 341 g/mol. The van der Waals surface area contributed by atoms with Crippen LogP contribution in [0.4, 0.5) is 14.9 Å². The molecule has 1 aromatic carbocycles. The maximum atomic E-state index is 13.6. The van der Waals surface area contributed by atoms with Crippen LogP contribution in [0.3, 0.4) is 0 Å². The number of alkyl carbamates (subject to hydrolysis) is 1. The van der Waals surface area contributed by atoms with Gasteiger partial charge in [-0.1, -0.05) is 18.5 Å². The van der Waals surface area contributed by atoms with E-state index in [2.05, 4.69) is 10.1 Å². The summed E-state index contributed by atoms with van der Waals surface area (Å²) < 4.78 is 18.2. The third-order valence-electron chi connectivity index (χ3n) is 2.90. The van der Waals surface area contributed by atoms with Crippen LogP contribution in [0, 0.1) is 5.82 Å². The van der Waals surface area contributed by atoms with Crippen LogP contribution in [0.2, 0.25) is 5.02 Å². The Balaban J connectivity index is 2.53. The van der Waals surface area contributed by atoms with Gasteiger partial charge in [0.1, 0.15) is 5.82 Å². The van der Waals surface area contributed by atoms with Gasteiger partial charge in [0, 0.05) is 5.02 Å². The van der Waals surface area contributed by atoms with Gasteiger partial charge < -0.3 is 10.1 Å². The lowest BCUT2D eigenvalue weighted by atomic mass is 10.3. The first kappa shape index (κ1) is 19.9. The minimum atomic E-state index is -0.841. The van der Waals surface area contributed by atoms with Gasteiger partial charge in [-0.3, -0.25) is 19.8 Å². The average molecular weight is 360 g/mol. The van der Waals surface area contributed by atoms with Crippen molar-refractivity contribution in [2.75, 3.05) is 31.6 Å². The number of halogens is 2. The van der Waals surface area contributed by atoms with Crippen LogP contribution in [0.25, 0.3) is 0 Å². The standard InChI is InChI=1S/C15H19ClFN3O4/c1-3-20(9-14(22)19-15(23)24-4-2)8-13(21)18-12-6-5-10(16)7-11(12)17/h5-7H,3-4,8-9H2,1-2H3,(H,18,21)(H,19,22,23). The molecule has 0 aliphatic carbocycles. The average Bonchev–Trinajstić information content (AvgIpc) is 2.49. The summed E-state index contributed by atoms with van der Waals surface area (Å²) in [7, 11) is 0. The van der Waals surface area contributed by atoms with E-state index in [4.69, 9.17) is 11.6 Å². The normalized spacial score (nSPS) is 10.4. The predicted molar refractivity (Wildman–Crippen MR) is 87.3 cm³/mol. The van der Waals surface area contributed by atoms with Crippen molar-refractivity contribution in [1.82, 2.24) is 10.2 Å². The van der Waals surface area contributed by atoms with Gasteiger partial charge in [-0.15, -0.1) is 0 Å². The van der Waals surface area contributed by atoms with Crippen LogP contribution in [0.15, 0.2) is 18.2 Å². The Morgan fingerprint density at radius 2 is 1.88 bits per heavy atom. The predicted octanol–water partition coefficient (Wildman–Crippen LogP) is 2.01. The molecule has 0 unspecified atom stereocenters. The smallest absolute Gasteiger partial charge is 0.413 e. The highest BCUT2D eigenvalue weighted by atomic mass is 35.5. The summed E-state index contributed by atoms with van der Waals surface area (Å²) in [6.07, 6.45) is -0.841. The Hall–Kier alpha value is -2.19. The van der Waals surface area contributed by atoms with Crippen LogP contribution in [-0.4, -0.2) is 49.0 Å². The van der Waals surface area contributed by atoms with Gasteiger partial charge in [0.05, 0.1) is 25.4 Å². The number of carbonyl (C=O) groups is 3. The zero-order chi connectivity index (χ0) is 18.1. The second kappa shape index (κ2) is 9.84. The van der Waals surface area contributed by atoms with Gasteiger partial charge in [0.15, 0.2) is 0 Å². The highest BCUT2D eigenvalue weighted by Gasteiger charge is 2.16. The van der Waals surface area contributed by atoms with E-state index in [0.29, 0.717) is 6.54 Å². The largest absolute Gasteiger partial charge is 0.450 e. The van der Waals surface area contributed by atoms with Gasteiger partial charge in [-0.05, 0) is 31.7 Å². The van der Waals surface area contributed by atoms with E-state index in [1.807, 2.05) is 5.32 Å². The Kier molecular flexibility index (Phi) is 8.14. The zero-order valence-corrected chi connectivity index (χ0v) is 14.2. The first-order chi connectivity index (χ1) is 11.3. The number of carbonyl (C=O) groups excluding carboxylic acids is 3. The minimum Gasteiger partial charge on any atom is -0.450 e. The molecular formula is C15H19ClFN3O4. The van der Waals surface area contributed by atoms with Crippen LogP contribution < -0.4 is 10.6 Å². The molecule has 2 N–H and O–H groups in total. The van der Waals surface area contributed by atoms with Crippen molar-refractivity contribution in [1.29, 1.82) is 0 Å². The van der Waals surface area contributed by atoms with E-state index >= 15 is 0 Å². The lowest BCUT2D eigenvalue weighted by molar-refractivity contribution is -0.122. The van der Waals surface area contributed by atoms with Crippen LogP contribution in [-0.2, 0) is 14.3 Å². The number of ether oxygens (including phenoxy) is 1. The molecule has 0 aliphatic heterocycles. The number of hydrogen-bond donors (Lipinski definition) is 2. The number of imide groups is 1. The SMILES string of the molecule is CCOC(=O)NC(=O)CN(CC)CC(=O)Nc1ccc(Cl)cc1F. The fourth-order valence-corrected chi connectivity index (χ4v) is 1.95. The quantitative estimate of drug-likeness (QED) is 0.777. The molecule has 0 saturated carbocycles. The first-order valence-electron chi connectivity index (χ1n) is 7.29. The maximum absolute atomic E-state index is 13.6. The van der Waals surface area contributed by atoms with E-state index in [1.165, 1.54) is 17.0 Å². The highest BCUT2D eigenvalue weighted by Crippen LogP contribution is 2.18. The molecule has 1 rings (SSSR count). The first-order valence-corrected chi connectivity index (χ1v) is 7.67. The van der Waals surface area contributed by atoms with Crippen molar-refractivity contribution >= 4 is 35.2 Å². The second-order valence-corrected chi connectivity index (χ2v) is 5.18. The molecule has 0 spiro atoms. The van der Waals surface area contributed by atoms with E-state index in [0.717, 1.165) is 6.07 Å². The number of amides is 3. The second-order valence-electron chi connectivity index (χ2n) is 4.74. The summed E-state index contributed by atoms with van der Waals surface area (Å²) in [5, 5.41) is 4.65. The third-order valence-corrected chi connectivity index (χ3v) is 3.14. The molecule has 0 atom stereocenters. The lowest BCUT2D eigenvalue weighted by Crippen LogP contribution is -2.43. The summed E-state index contributed by atoms with van der Waals surface area (Å²) in [6.45, 7) is 3.56. The fourth-order valence-electron chi connectivity index (χ4n) is 1.79. The summed E-state index contributed by atoms with van der Waals surface area (Å²) >= 11 is 5.64. The van der Waals surface area contributed by atoms with Crippen molar-refractivity contribution in [2.45, 2.75) is 13.8 Å². The van der Waals surface area contributed by atoms with Crippen LogP contribution in [0.5, 0.6) is 0 Å². The topological polar surface area (TPSA) is 87.7 Å². The number of benzene rings is 1. The molecule has 0 aromatic heterocycles. The lowest BCUT2D eigenvalue weighted by Gasteiger charge is -2.19. The molecule has 132 valence electrons. The summed E-state index contributed by atoms with van der Waals surface area (Å²) in [4.78, 5) is 36.2. The molecule has 3 amide bonds.